The van der Waals surface area contributed by atoms with Crippen molar-refractivity contribution < 1.29 is 24.1 Å². The largest absolute Gasteiger partial charge is 0.507 e. The number of aromatic hydroxyl groups is 1. The first-order valence-corrected chi connectivity index (χ1v) is 8.24. The van der Waals surface area contributed by atoms with Gasteiger partial charge in [-0.25, -0.2) is 0 Å². The van der Waals surface area contributed by atoms with Crippen molar-refractivity contribution in [1.29, 1.82) is 0 Å². The van der Waals surface area contributed by atoms with Crippen molar-refractivity contribution in [1.82, 2.24) is 0 Å². The molecule has 0 radical (unpaired) electrons. The molecule has 0 aromatic heterocycles. The Bertz CT molecular complexity index is 876. The maximum absolute atomic E-state index is 12.3. The van der Waals surface area contributed by atoms with E-state index in [2.05, 4.69) is 0 Å². The van der Waals surface area contributed by atoms with Crippen molar-refractivity contribution in [2.24, 2.45) is 0 Å². The standard InChI is InChI=1S/C21H20O5/c1-14(2)9-10-24-16-5-6-17(19(23)12-16)18(22)7-3-15-4-8-20-21(11-15)26-13-25-20/h3-9,11-12,23H,10,13H2,1-2H3/b7-3+. The average molecular weight is 352 g/mol. The molecule has 5 nitrogen and oxygen atoms in total. The van der Waals surface area contributed by atoms with Crippen molar-refractivity contribution in [2.45, 2.75) is 13.8 Å². The second-order valence-electron chi connectivity index (χ2n) is 6.08. The first-order valence-electron chi connectivity index (χ1n) is 8.24. The van der Waals surface area contributed by atoms with E-state index in [1.54, 1.807) is 30.3 Å². The highest BCUT2D eigenvalue weighted by atomic mass is 16.7. The minimum absolute atomic E-state index is 0.111. The summed E-state index contributed by atoms with van der Waals surface area (Å²) in [7, 11) is 0. The molecule has 2 aromatic rings. The highest BCUT2D eigenvalue weighted by Crippen LogP contribution is 2.33. The van der Waals surface area contributed by atoms with Crippen LogP contribution in [-0.4, -0.2) is 24.3 Å². The van der Waals surface area contributed by atoms with E-state index in [0.717, 1.165) is 11.1 Å². The zero-order valence-corrected chi connectivity index (χ0v) is 14.7. The van der Waals surface area contributed by atoms with Crippen LogP contribution in [0.1, 0.15) is 29.8 Å². The molecule has 2 aromatic carbocycles. The lowest BCUT2D eigenvalue weighted by molar-refractivity contribution is 0.104. The van der Waals surface area contributed by atoms with Gasteiger partial charge in [-0.15, -0.1) is 0 Å². The van der Waals surface area contributed by atoms with Gasteiger partial charge in [0.15, 0.2) is 17.3 Å². The van der Waals surface area contributed by atoms with Crippen LogP contribution in [0.5, 0.6) is 23.0 Å². The Balaban J connectivity index is 1.68. The van der Waals surface area contributed by atoms with Gasteiger partial charge in [-0.3, -0.25) is 4.79 Å². The van der Waals surface area contributed by atoms with Crippen LogP contribution in [0.4, 0.5) is 0 Å². The molecular formula is C21H20O5. The summed E-state index contributed by atoms with van der Waals surface area (Å²) in [6.45, 7) is 4.58. The lowest BCUT2D eigenvalue weighted by Gasteiger charge is -2.06. The quantitative estimate of drug-likeness (QED) is 0.475. The second kappa shape index (κ2) is 7.78. The van der Waals surface area contributed by atoms with Gasteiger partial charge in [0.1, 0.15) is 18.1 Å². The van der Waals surface area contributed by atoms with Gasteiger partial charge in [-0.2, -0.15) is 0 Å². The van der Waals surface area contributed by atoms with Crippen molar-refractivity contribution >= 4 is 11.9 Å². The third-order valence-corrected chi connectivity index (χ3v) is 3.80. The molecule has 0 fully saturated rings. The topological polar surface area (TPSA) is 65.0 Å². The zero-order valence-electron chi connectivity index (χ0n) is 14.7. The van der Waals surface area contributed by atoms with Crippen LogP contribution in [-0.2, 0) is 0 Å². The van der Waals surface area contributed by atoms with Crippen LogP contribution < -0.4 is 14.2 Å². The number of hydrogen-bond acceptors (Lipinski definition) is 5. The Morgan fingerprint density at radius 3 is 2.73 bits per heavy atom. The minimum atomic E-state index is -0.295. The first-order chi connectivity index (χ1) is 12.5. The highest BCUT2D eigenvalue weighted by Gasteiger charge is 2.13. The summed E-state index contributed by atoms with van der Waals surface area (Å²) in [5.41, 5.74) is 2.18. The Morgan fingerprint density at radius 1 is 1.15 bits per heavy atom. The molecule has 0 aliphatic carbocycles. The lowest BCUT2D eigenvalue weighted by atomic mass is 10.1. The van der Waals surface area contributed by atoms with E-state index in [1.807, 2.05) is 26.0 Å². The van der Waals surface area contributed by atoms with Crippen LogP contribution in [0, 0.1) is 0 Å². The molecule has 0 amide bonds. The molecule has 1 N–H and O–H groups in total. The molecule has 0 saturated heterocycles. The molecule has 5 heteroatoms. The predicted octanol–water partition coefficient (Wildman–Crippen LogP) is 4.36. The number of ketones is 1. The summed E-state index contributed by atoms with van der Waals surface area (Å²) < 4.78 is 16.1. The van der Waals surface area contributed by atoms with Gasteiger partial charge >= 0.3 is 0 Å². The van der Waals surface area contributed by atoms with E-state index < -0.39 is 0 Å². The van der Waals surface area contributed by atoms with Crippen molar-refractivity contribution in [3.63, 3.8) is 0 Å². The van der Waals surface area contributed by atoms with Gasteiger partial charge < -0.3 is 19.3 Å². The fraction of sp³-hybridized carbons (Fsp3) is 0.190. The fourth-order valence-corrected chi connectivity index (χ4v) is 2.39. The Kier molecular flexibility index (Phi) is 5.27. The van der Waals surface area contributed by atoms with E-state index in [4.69, 9.17) is 14.2 Å². The zero-order chi connectivity index (χ0) is 18.5. The molecule has 134 valence electrons. The summed E-state index contributed by atoms with van der Waals surface area (Å²) in [5.74, 6) is 1.45. The van der Waals surface area contributed by atoms with Crippen LogP contribution in [0.25, 0.3) is 6.08 Å². The van der Waals surface area contributed by atoms with Gasteiger partial charge in [0.25, 0.3) is 0 Å². The van der Waals surface area contributed by atoms with Crippen molar-refractivity contribution in [3.8, 4) is 23.0 Å². The molecule has 0 unspecified atom stereocenters. The Hall–Kier alpha value is -3.21. The molecule has 1 heterocycles. The SMILES string of the molecule is CC(C)=CCOc1ccc(C(=O)/C=C/c2ccc3c(c2)OCO3)c(O)c1. The summed E-state index contributed by atoms with van der Waals surface area (Å²) in [5, 5.41) is 10.1. The molecule has 1 aliphatic heterocycles. The van der Waals surface area contributed by atoms with E-state index in [9.17, 15) is 9.90 Å². The Morgan fingerprint density at radius 2 is 1.96 bits per heavy atom. The van der Waals surface area contributed by atoms with Gasteiger partial charge in [0.2, 0.25) is 6.79 Å². The summed E-state index contributed by atoms with van der Waals surface area (Å²) in [4.78, 5) is 12.3. The van der Waals surface area contributed by atoms with E-state index in [-0.39, 0.29) is 23.9 Å². The lowest BCUT2D eigenvalue weighted by Crippen LogP contribution is -1.98. The third kappa shape index (κ3) is 4.25. The predicted molar refractivity (Wildman–Crippen MR) is 99.0 cm³/mol. The van der Waals surface area contributed by atoms with Gasteiger partial charge in [0, 0.05) is 6.07 Å². The second-order valence-corrected chi connectivity index (χ2v) is 6.08. The number of benzene rings is 2. The van der Waals surface area contributed by atoms with Crippen LogP contribution in [0.3, 0.4) is 0 Å². The molecule has 0 spiro atoms. The maximum Gasteiger partial charge on any atom is 0.231 e. The maximum atomic E-state index is 12.3. The number of carbonyl (C=O) groups excluding carboxylic acids is 1. The first kappa shape index (κ1) is 17.6. The van der Waals surface area contributed by atoms with Gasteiger partial charge in [-0.1, -0.05) is 17.7 Å². The average Bonchev–Trinajstić information content (AvgIpc) is 3.07. The molecule has 3 rings (SSSR count). The summed E-state index contributed by atoms with van der Waals surface area (Å²) >= 11 is 0. The number of allylic oxidation sites excluding steroid dienone is 2. The highest BCUT2D eigenvalue weighted by molar-refractivity contribution is 6.08. The van der Waals surface area contributed by atoms with Crippen LogP contribution >= 0.6 is 0 Å². The van der Waals surface area contributed by atoms with Crippen LogP contribution in [0.15, 0.2) is 54.1 Å². The number of rotatable bonds is 6. The number of phenolic OH excluding ortho intramolecular Hbond substituents is 1. The summed E-state index contributed by atoms with van der Waals surface area (Å²) in [6.07, 6.45) is 5.02. The van der Waals surface area contributed by atoms with E-state index in [1.165, 1.54) is 12.1 Å². The molecule has 0 atom stereocenters. The van der Waals surface area contributed by atoms with Crippen LogP contribution in [0.2, 0.25) is 0 Å². The minimum Gasteiger partial charge on any atom is -0.507 e. The summed E-state index contributed by atoms with van der Waals surface area (Å²) in [6, 6.07) is 10.1. The molecular weight excluding hydrogens is 332 g/mol. The third-order valence-electron chi connectivity index (χ3n) is 3.80. The number of hydrogen-bond donors (Lipinski definition) is 1. The van der Waals surface area contributed by atoms with E-state index in [0.29, 0.717) is 23.9 Å². The number of phenols is 1. The number of fused-ring (bicyclic) bond motifs is 1. The van der Waals surface area contributed by atoms with E-state index >= 15 is 0 Å². The Labute approximate surface area is 152 Å². The number of carbonyl (C=O) groups is 1. The molecule has 0 saturated carbocycles. The smallest absolute Gasteiger partial charge is 0.231 e. The molecule has 0 bridgehead atoms. The van der Waals surface area contributed by atoms with Crippen molar-refractivity contribution in [2.75, 3.05) is 13.4 Å². The monoisotopic (exact) mass is 352 g/mol. The molecule has 26 heavy (non-hydrogen) atoms. The number of ether oxygens (including phenoxy) is 3. The van der Waals surface area contributed by atoms with Crippen molar-refractivity contribution in [3.05, 3.63) is 65.3 Å². The molecule has 1 aliphatic rings. The van der Waals surface area contributed by atoms with Gasteiger partial charge in [-0.05, 0) is 55.8 Å². The fourth-order valence-electron chi connectivity index (χ4n) is 2.39. The van der Waals surface area contributed by atoms with Gasteiger partial charge in [0.05, 0.1) is 5.56 Å². The normalized spacial score (nSPS) is 12.2.